The van der Waals surface area contributed by atoms with Crippen LogP contribution in [0.1, 0.15) is 156 Å². The van der Waals surface area contributed by atoms with Gasteiger partial charge in [-0.05, 0) is 45.1 Å². The fourth-order valence-corrected chi connectivity index (χ4v) is 4.47. The minimum Gasteiger partial charge on any atom is -0.464 e. The maximum atomic E-state index is 13.1. The van der Waals surface area contributed by atoms with Crippen LogP contribution in [-0.4, -0.2) is 41.9 Å². The lowest BCUT2D eigenvalue weighted by Crippen LogP contribution is -2.49. The molecule has 0 spiro atoms. The molecular formula is C30H58N2O4. The maximum Gasteiger partial charge on any atom is 0.329 e. The van der Waals surface area contributed by atoms with Crippen LogP contribution in [0, 0.1) is 0 Å². The van der Waals surface area contributed by atoms with E-state index in [1.807, 2.05) is 0 Å². The van der Waals surface area contributed by atoms with E-state index in [9.17, 15) is 14.4 Å². The topological polar surface area (TPSA) is 89.7 Å². The molecule has 2 N–H and O–H groups in total. The van der Waals surface area contributed by atoms with E-state index >= 15 is 0 Å². The van der Waals surface area contributed by atoms with E-state index < -0.39 is 12.0 Å². The summed E-state index contributed by atoms with van der Waals surface area (Å²) in [6.07, 6.45) is 19.9. The van der Waals surface area contributed by atoms with Gasteiger partial charge in [0, 0.05) is 12.8 Å². The number of ether oxygens (including phenoxy) is 1. The highest BCUT2D eigenvalue weighted by Crippen LogP contribution is 2.18. The third-order valence-corrected chi connectivity index (χ3v) is 6.78. The Hall–Kier alpha value is -1.43. The lowest BCUT2D eigenvalue weighted by atomic mass is 10.0. The summed E-state index contributed by atoms with van der Waals surface area (Å²) in [7, 11) is 0. The van der Waals surface area contributed by atoms with Crippen molar-refractivity contribution in [1.82, 2.24) is 4.90 Å². The fourth-order valence-electron chi connectivity index (χ4n) is 4.47. The largest absolute Gasteiger partial charge is 0.464 e. The number of imide groups is 1. The van der Waals surface area contributed by atoms with Gasteiger partial charge in [-0.25, -0.2) is 4.79 Å². The number of nitrogens with zero attached hydrogens (tertiary/aromatic N) is 1. The van der Waals surface area contributed by atoms with Crippen LogP contribution in [0.5, 0.6) is 0 Å². The van der Waals surface area contributed by atoms with Gasteiger partial charge in [-0.1, -0.05) is 104 Å². The number of hydrogen-bond donors (Lipinski definition) is 1. The van der Waals surface area contributed by atoms with Crippen LogP contribution in [0.2, 0.25) is 0 Å². The van der Waals surface area contributed by atoms with Crippen LogP contribution in [0.15, 0.2) is 0 Å². The molecule has 0 aromatic rings. The first kappa shape index (κ1) is 34.6. The summed E-state index contributed by atoms with van der Waals surface area (Å²) in [5.41, 5.74) is 5.66. The van der Waals surface area contributed by atoms with Crippen molar-refractivity contribution in [3.8, 4) is 0 Å². The molecule has 0 aromatic carbocycles. The number of esters is 1. The number of rotatable bonds is 25. The zero-order valence-corrected chi connectivity index (χ0v) is 24.0. The SMILES string of the molecule is CCCCCCCCCCCCOC(=O)C(CCCCN)N(C(=O)CCCCC)C(=O)CCCCC. The first-order valence-corrected chi connectivity index (χ1v) is 15.2. The third-order valence-electron chi connectivity index (χ3n) is 6.78. The zero-order valence-electron chi connectivity index (χ0n) is 24.0. The third kappa shape index (κ3) is 17.9. The van der Waals surface area contributed by atoms with Crippen LogP contribution < -0.4 is 5.73 Å². The Kier molecular flexibility index (Phi) is 24.2. The molecule has 0 aliphatic rings. The molecule has 0 bridgehead atoms. The average Bonchev–Trinajstić information content (AvgIpc) is 2.86. The van der Waals surface area contributed by atoms with Crippen LogP contribution in [0.4, 0.5) is 0 Å². The monoisotopic (exact) mass is 510 g/mol. The molecule has 0 aliphatic carbocycles. The quantitative estimate of drug-likeness (QED) is 0.102. The Bertz CT molecular complexity index is 531. The van der Waals surface area contributed by atoms with Crippen molar-refractivity contribution in [3.63, 3.8) is 0 Å². The summed E-state index contributed by atoms with van der Waals surface area (Å²) >= 11 is 0. The van der Waals surface area contributed by atoms with Gasteiger partial charge in [-0.2, -0.15) is 0 Å². The Morgan fingerprint density at radius 3 is 1.53 bits per heavy atom. The van der Waals surface area contributed by atoms with E-state index in [4.69, 9.17) is 10.5 Å². The second kappa shape index (κ2) is 25.2. The van der Waals surface area contributed by atoms with E-state index in [1.54, 1.807) is 0 Å². The van der Waals surface area contributed by atoms with Gasteiger partial charge >= 0.3 is 5.97 Å². The molecular weight excluding hydrogens is 452 g/mol. The van der Waals surface area contributed by atoms with E-state index in [0.29, 0.717) is 38.8 Å². The minimum atomic E-state index is -0.831. The van der Waals surface area contributed by atoms with Gasteiger partial charge < -0.3 is 10.5 Å². The Morgan fingerprint density at radius 2 is 1.06 bits per heavy atom. The molecule has 1 unspecified atom stereocenters. The Morgan fingerprint density at radius 1 is 0.611 bits per heavy atom. The van der Waals surface area contributed by atoms with Gasteiger partial charge in [0.25, 0.3) is 0 Å². The second-order valence-electron chi connectivity index (χ2n) is 10.2. The highest BCUT2D eigenvalue weighted by Gasteiger charge is 2.34. The molecule has 6 nitrogen and oxygen atoms in total. The van der Waals surface area contributed by atoms with Crippen LogP contribution in [-0.2, 0) is 19.1 Å². The normalized spacial score (nSPS) is 11.9. The fraction of sp³-hybridized carbons (Fsp3) is 0.900. The summed E-state index contributed by atoms with van der Waals surface area (Å²) in [6.45, 7) is 7.28. The van der Waals surface area contributed by atoms with Gasteiger partial charge in [0.15, 0.2) is 0 Å². The predicted octanol–water partition coefficient (Wildman–Crippen LogP) is 7.46. The molecule has 0 saturated carbocycles. The highest BCUT2D eigenvalue weighted by atomic mass is 16.5. The molecule has 0 radical (unpaired) electrons. The molecule has 0 aromatic heterocycles. The van der Waals surface area contributed by atoms with Crippen molar-refractivity contribution in [2.24, 2.45) is 5.73 Å². The van der Waals surface area contributed by atoms with Crippen molar-refractivity contribution >= 4 is 17.8 Å². The number of unbranched alkanes of at least 4 members (excludes halogenated alkanes) is 14. The van der Waals surface area contributed by atoms with Gasteiger partial charge in [-0.15, -0.1) is 0 Å². The predicted molar refractivity (Wildman–Crippen MR) is 150 cm³/mol. The van der Waals surface area contributed by atoms with Crippen molar-refractivity contribution in [2.45, 2.75) is 162 Å². The lowest BCUT2D eigenvalue weighted by Gasteiger charge is -2.29. The van der Waals surface area contributed by atoms with Crippen LogP contribution in [0.3, 0.4) is 0 Å². The van der Waals surface area contributed by atoms with Crippen LogP contribution in [0.25, 0.3) is 0 Å². The molecule has 0 heterocycles. The van der Waals surface area contributed by atoms with Gasteiger partial charge in [0.05, 0.1) is 6.61 Å². The van der Waals surface area contributed by atoms with Gasteiger partial charge in [-0.3, -0.25) is 14.5 Å². The summed E-state index contributed by atoms with van der Waals surface area (Å²) in [5.74, 6) is -0.909. The van der Waals surface area contributed by atoms with Gasteiger partial charge in [0.1, 0.15) is 6.04 Å². The van der Waals surface area contributed by atoms with Crippen molar-refractivity contribution in [2.75, 3.05) is 13.2 Å². The molecule has 1 atom stereocenters. The van der Waals surface area contributed by atoms with Crippen molar-refractivity contribution in [3.05, 3.63) is 0 Å². The molecule has 0 aliphatic heterocycles. The van der Waals surface area contributed by atoms with E-state index in [-0.39, 0.29) is 11.8 Å². The first-order valence-electron chi connectivity index (χ1n) is 15.2. The Labute approximate surface area is 222 Å². The summed E-state index contributed by atoms with van der Waals surface area (Å²) in [5, 5.41) is 0. The smallest absolute Gasteiger partial charge is 0.329 e. The Balaban J connectivity index is 4.85. The second-order valence-corrected chi connectivity index (χ2v) is 10.2. The van der Waals surface area contributed by atoms with E-state index in [1.165, 1.54) is 49.8 Å². The number of carbonyl (C=O) groups excluding carboxylic acids is 3. The zero-order chi connectivity index (χ0) is 26.9. The summed E-state index contributed by atoms with van der Waals surface area (Å²) < 4.78 is 5.62. The van der Waals surface area contributed by atoms with Crippen molar-refractivity contribution in [1.29, 1.82) is 0 Å². The standard InChI is InChI=1S/C30H58N2O4/c1-4-7-10-11-12-13-14-15-16-21-26-36-30(35)27(22-19-20-25-31)32(28(33)23-17-8-5-2)29(34)24-18-9-6-3/h27H,4-26,31H2,1-3H3. The lowest BCUT2D eigenvalue weighted by molar-refractivity contribution is -0.162. The molecule has 0 rings (SSSR count). The minimum absolute atomic E-state index is 0.237. The van der Waals surface area contributed by atoms with E-state index in [0.717, 1.165) is 64.2 Å². The number of carbonyl (C=O) groups is 3. The molecule has 2 amide bonds. The first-order chi connectivity index (χ1) is 17.5. The van der Waals surface area contributed by atoms with E-state index in [2.05, 4.69) is 20.8 Å². The number of nitrogens with two attached hydrogens (primary N) is 1. The molecule has 36 heavy (non-hydrogen) atoms. The summed E-state index contributed by atoms with van der Waals surface area (Å²) in [6, 6.07) is -0.831. The molecule has 212 valence electrons. The molecule has 0 fully saturated rings. The molecule has 6 heteroatoms. The van der Waals surface area contributed by atoms with Crippen molar-refractivity contribution < 1.29 is 19.1 Å². The maximum absolute atomic E-state index is 13.1. The summed E-state index contributed by atoms with van der Waals surface area (Å²) in [4.78, 5) is 40.6. The average molecular weight is 511 g/mol. The number of hydrogen-bond acceptors (Lipinski definition) is 5. The van der Waals surface area contributed by atoms with Gasteiger partial charge in [0.2, 0.25) is 11.8 Å². The number of amides is 2. The van der Waals surface area contributed by atoms with Crippen LogP contribution >= 0.6 is 0 Å². The molecule has 0 saturated heterocycles. The highest BCUT2D eigenvalue weighted by molar-refractivity contribution is 5.99.